The van der Waals surface area contributed by atoms with Crippen molar-refractivity contribution in [3.63, 3.8) is 0 Å². The van der Waals surface area contributed by atoms with Gasteiger partial charge < -0.3 is 20.9 Å². The molecule has 12 nitrogen and oxygen atoms in total. The van der Waals surface area contributed by atoms with Crippen LogP contribution in [0.15, 0.2) is 60.9 Å². The summed E-state index contributed by atoms with van der Waals surface area (Å²) >= 11 is 21.0. The van der Waals surface area contributed by atoms with E-state index in [9.17, 15) is 9.59 Å². The Hall–Kier alpha value is -4.57. The van der Waals surface area contributed by atoms with Crippen LogP contribution >= 0.6 is 57.5 Å². The predicted molar refractivity (Wildman–Crippen MR) is 264 cm³/mol. The number of nitrogens with one attached hydrogen (secondary N) is 3. The minimum atomic E-state index is -0.0290. The Balaban J connectivity index is 0.000000240. The molecule has 336 valence electrons. The second kappa shape index (κ2) is 25.1. The van der Waals surface area contributed by atoms with Crippen LogP contribution in [0.5, 0.6) is 0 Å². The highest BCUT2D eigenvalue weighted by Gasteiger charge is 2.18. The van der Waals surface area contributed by atoms with Crippen LogP contribution in [-0.4, -0.2) is 67.6 Å². The number of aromatic nitrogens is 6. The van der Waals surface area contributed by atoms with Gasteiger partial charge in [-0.05, 0) is 107 Å². The number of Topliss-reactive ketones (excluding diaryl/α,β-unsaturated/α-hetero) is 2. The third-order valence-electron chi connectivity index (χ3n) is 9.93. The van der Waals surface area contributed by atoms with Crippen LogP contribution in [0.2, 0.25) is 15.2 Å². The summed E-state index contributed by atoms with van der Waals surface area (Å²) in [6.07, 6.45) is 11.5. The number of thiazole rings is 2. The summed E-state index contributed by atoms with van der Waals surface area (Å²) in [4.78, 5) is 54.6. The summed E-state index contributed by atoms with van der Waals surface area (Å²) in [6, 6.07) is 14.8. The van der Waals surface area contributed by atoms with E-state index in [0.717, 1.165) is 41.2 Å². The number of benzene rings is 2. The molecule has 0 amide bonds. The lowest BCUT2D eigenvalue weighted by Crippen LogP contribution is -2.30. The summed E-state index contributed by atoms with van der Waals surface area (Å²) < 4.78 is 0. The van der Waals surface area contributed by atoms with Crippen LogP contribution in [-0.2, 0) is 12.8 Å². The van der Waals surface area contributed by atoms with Gasteiger partial charge in [0, 0.05) is 48.1 Å². The molecule has 2 aromatic carbocycles. The highest BCUT2D eigenvalue weighted by molar-refractivity contribution is 7.17. The number of carbonyl (C=O) groups excluding carboxylic acids is 2. The highest BCUT2D eigenvalue weighted by atomic mass is 35.5. The third-order valence-corrected chi connectivity index (χ3v) is 12.7. The molecule has 2 aliphatic heterocycles. The smallest absolute Gasteiger partial charge is 0.188 e. The summed E-state index contributed by atoms with van der Waals surface area (Å²) in [5, 5.41) is 12.3. The second-order valence-electron chi connectivity index (χ2n) is 14.7. The average Bonchev–Trinajstić information content (AvgIpc) is 3.92. The largest absolute Gasteiger partial charge is 0.356 e. The summed E-state index contributed by atoms with van der Waals surface area (Å²) in [5.41, 5.74) is 3.72. The van der Waals surface area contributed by atoms with E-state index in [1.807, 2.05) is 57.2 Å². The first-order chi connectivity index (χ1) is 29.4. The van der Waals surface area contributed by atoms with Gasteiger partial charge in [-0.1, -0.05) is 103 Å². The first-order valence-electron chi connectivity index (χ1n) is 20.2. The number of piperidine rings is 2. The molecule has 2 saturated heterocycles. The van der Waals surface area contributed by atoms with Gasteiger partial charge in [0.2, 0.25) is 0 Å². The van der Waals surface area contributed by atoms with E-state index < -0.39 is 0 Å². The Morgan fingerprint density at radius 2 is 1.13 bits per heavy atom. The van der Waals surface area contributed by atoms with Crippen molar-refractivity contribution in [2.75, 3.05) is 41.7 Å². The topological polar surface area (TPSA) is 151 Å². The fraction of sp³-hybridized carbons (Fsp3) is 0.391. The molecule has 6 heterocycles. The lowest BCUT2D eigenvalue weighted by Gasteiger charge is -2.28. The van der Waals surface area contributed by atoms with Gasteiger partial charge in [-0.25, -0.2) is 29.9 Å². The molecule has 6 aromatic rings. The quantitative estimate of drug-likeness (QED) is 0.0837. The normalized spacial score (nSPS) is 13.2. The van der Waals surface area contributed by atoms with Crippen molar-refractivity contribution >= 4 is 96.8 Å². The molecule has 0 spiro atoms. The molecule has 0 atom stereocenters. The van der Waals surface area contributed by atoms with Crippen molar-refractivity contribution in [1.29, 1.82) is 0 Å². The second-order valence-corrected chi connectivity index (χ2v) is 18.0. The Labute approximate surface area is 394 Å². The minimum Gasteiger partial charge on any atom is -0.356 e. The Morgan fingerprint density at radius 1 is 0.651 bits per heavy atom. The summed E-state index contributed by atoms with van der Waals surface area (Å²) in [6.45, 7) is 12.1. The number of halogens is 3. The maximum absolute atomic E-state index is 12.8. The lowest BCUT2D eigenvalue weighted by molar-refractivity contribution is 0.0988. The molecule has 0 unspecified atom stereocenters. The third kappa shape index (κ3) is 15.3. The number of hydrogen-bond donors (Lipinski definition) is 3. The minimum absolute atomic E-state index is 0. The first kappa shape index (κ1) is 51.1. The number of anilines is 5. The van der Waals surface area contributed by atoms with Crippen molar-refractivity contribution in [1.82, 2.24) is 35.2 Å². The van der Waals surface area contributed by atoms with E-state index >= 15 is 0 Å². The number of nitrogens with zero attached hydrogens (tertiary/aromatic N) is 7. The molecule has 17 heteroatoms. The van der Waals surface area contributed by atoms with Gasteiger partial charge in [0.05, 0.1) is 22.1 Å². The molecular formula is C46H57Cl3N10O2S2. The Kier molecular flexibility index (Phi) is 20.3. The van der Waals surface area contributed by atoms with Crippen LogP contribution in [0, 0.1) is 27.7 Å². The SMILES string of the molecule is C.C.C1CCNCC1.Cc1nc(Cl)cc(Nc2ncc(C(=O)Cc3c(C)cccc3Cl)s2)n1.Cc1nc(Nc2ncc(C(=O)Cc3c(C)cccc3Cl)s2)cc(N2CCCCC2)n1. The molecule has 0 bridgehead atoms. The molecule has 0 saturated carbocycles. The molecule has 63 heavy (non-hydrogen) atoms. The van der Waals surface area contributed by atoms with E-state index in [0.29, 0.717) is 58.5 Å². The van der Waals surface area contributed by atoms with E-state index in [1.54, 1.807) is 31.5 Å². The zero-order valence-electron chi connectivity index (χ0n) is 34.7. The Bertz CT molecular complexity index is 2360. The molecule has 0 radical (unpaired) electrons. The van der Waals surface area contributed by atoms with Crippen molar-refractivity contribution in [3.05, 3.63) is 120 Å². The number of ketones is 2. The van der Waals surface area contributed by atoms with Crippen molar-refractivity contribution in [2.45, 2.75) is 93.9 Å². The van der Waals surface area contributed by atoms with Crippen LogP contribution in [0.3, 0.4) is 0 Å². The van der Waals surface area contributed by atoms with Gasteiger partial charge in [0.15, 0.2) is 21.8 Å². The predicted octanol–water partition coefficient (Wildman–Crippen LogP) is 12.4. The van der Waals surface area contributed by atoms with E-state index in [2.05, 4.69) is 50.8 Å². The van der Waals surface area contributed by atoms with Gasteiger partial charge in [-0.3, -0.25) is 9.59 Å². The highest BCUT2D eigenvalue weighted by Crippen LogP contribution is 2.29. The lowest BCUT2D eigenvalue weighted by atomic mass is 10.0. The van der Waals surface area contributed by atoms with E-state index in [-0.39, 0.29) is 39.3 Å². The number of carbonyl (C=O) groups is 2. The Morgan fingerprint density at radius 3 is 1.57 bits per heavy atom. The maximum atomic E-state index is 12.8. The molecule has 2 aliphatic rings. The molecule has 0 aliphatic carbocycles. The van der Waals surface area contributed by atoms with Crippen LogP contribution in [0.25, 0.3) is 0 Å². The van der Waals surface area contributed by atoms with Crippen LogP contribution in [0.1, 0.15) is 107 Å². The maximum Gasteiger partial charge on any atom is 0.188 e. The van der Waals surface area contributed by atoms with Crippen molar-refractivity contribution in [3.8, 4) is 0 Å². The molecule has 4 aromatic heterocycles. The van der Waals surface area contributed by atoms with E-state index in [4.69, 9.17) is 34.8 Å². The monoisotopic (exact) mass is 950 g/mol. The zero-order chi connectivity index (χ0) is 43.3. The zero-order valence-corrected chi connectivity index (χ0v) is 38.6. The number of hydrogen-bond acceptors (Lipinski definition) is 14. The number of rotatable bonds is 11. The standard InChI is InChI=1S/C22H24ClN5OS.C17H14Cl2N4OS.C5H11N.2CH4/c1-14-7-6-8-17(23)16(14)11-18(29)19-13-24-22(30-19)27-20-12-21(26-15(2)25-20)28-9-4-3-5-10-28;1-9-4-3-5-12(18)11(9)6-13(24)14-8-20-17(25-14)23-16-7-15(19)21-10(2)22-16;1-2-4-6-5-3-1;;/h6-8,12-13H,3-5,9-11H2,1-2H3,(H,24,25,26,27);3-5,7-8H,6H2,1-2H3,(H,20,21,22,23);6H,1-5H2;2*1H4. The first-order valence-corrected chi connectivity index (χ1v) is 23.0. The van der Waals surface area contributed by atoms with Gasteiger partial charge in [-0.2, -0.15) is 0 Å². The van der Waals surface area contributed by atoms with E-state index in [1.165, 1.54) is 74.3 Å². The van der Waals surface area contributed by atoms with Crippen molar-refractivity contribution in [2.24, 2.45) is 0 Å². The molecule has 8 rings (SSSR count). The fourth-order valence-corrected chi connectivity index (χ4v) is 9.04. The van der Waals surface area contributed by atoms with Gasteiger partial charge >= 0.3 is 0 Å². The van der Waals surface area contributed by atoms with Crippen LogP contribution in [0.4, 0.5) is 27.7 Å². The van der Waals surface area contributed by atoms with Crippen molar-refractivity contribution < 1.29 is 9.59 Å². The van der Waals surface area contributed by atoms with Crippen LogP contribution < -0.4 is 20.9 Å². The van der Waals surface area contributed by atoms with Gasteiger partial charge in [-0.15, -0.1) is 0 Å². The molecule has 2 fully saturated rings. The molecular weight excluding hydrogens is 895 g/mol. The summed E-state index contributed by atoms with van der Waals surface area (Å²) in [7, 11) is 0. The molecule has 3 N–H and O–H groups in total. The van der Waals surface area contributed by atoms with Gasteiger partial charge in [0.25, 0.3) is 0 Å². The fourth-order valence-electron chi connectivity index (χ4n) is 6.71. The number of aryl methyl sites for hydroxylation is 4. The summed E-state index contributed by atoms with van der Waals surface area (Å²) in [5.74, 6) is 3.40. The average molecular weight is 953 g/mol. The van der Waals surface area contributed by atoms with Gasteiger partial charge in [0.1, 0.15) is 34.3 Å².